The van der Waals surface area contributed by atoms with Crippen LogP contribution in [0.4, 0.5) is 4.39 Å². The van der Waals surface area contributed by atoms with Gasteiger partial charge < -0.3 is 14.8 Å². The minimum absolute atomic E-state index is 0.105. The van der Waals surface area contributed by atoms with Gasteiger partial charge in [-0.2, -0.15) is 0 Å². The van der Waals surface area contributed by atoms with Crippen LogP contribution in [0.25, 0.3) is 0 Å². The number of amides is 1. The molecule has 6 heteroatoms. The summed E-state index contributed by atoms with van der Waals surface area (Å²) in [4.78, 5) is 13.2. The molecule has 2 aromatic rings. The third-order valence-electron chi connectivity index (χ3n) is 5.16. The fourth-order valence-corrected chi connectivity index (χ4v) is 3.80. The number of ether oxygens (including phenoxy) is 2. The highest BCUT2D eigenvalue weighted by Crippen LogP contribution is 2.35. The Morgan fingerprint density at radius 1 is 1.22 bits per heavy atom. The van der Waals surface area contributed by atoms with Gasteiger partial charge in [0.25, 0.3) is 0 Å². The second-order valence-electron chi connectivity index (χ2n) is 6.66. The zero-order valence-corrected chi connectivity index (χ0v) is 16.0. The molecule has 0 aromatic heterocycles. The number of rotatable bonds is 6. The second-order valence-corrected chi connectivity index (χ2v) is 7.06. The van der Waals surface area contributed by atoms with Crippen molar-refractivity contribution in [2.45, 2.75) is 24.4 Å². The Kier molecular flexibility index (Phi) is 6.47. The van der Waals surface area contributed by atoms with Crippen molar-refractivity contribution < 1.29 is 18.7 Å². The standard InChI is InChI=1S/C21H23ClFNO3/c1-26-19(17-4-2-3-5-18(17)22)14-24-20(25)21(10-12-27-13-11-21)15-6-8-16(23)9-7-15/h2-9,19H,10-14H2,1H3,(H,24,25). The van der Waals surface area contributed by atoms with Crippen molar-refractivity contribution in [1.29, 1.82) is 0 Å². The zero-order valence-electron chi connectivity index (χ0n) is 15.2. The van der Waals surface area contributed by atoms with Crippen LogP contribution in [0.5, 0.6) is 0 Å². The van der Waals surface area contributed by atoms with Gasteiger partial charge in [-0.15, -0.1) is 0 Å². The van der Waals surface area contributed by atoms with Gasteiger partial charge in [0.2, 0.25) is 5.91 Å². The van der Waals surface area contributed by atoms with Crippen molar-refractivity contribution in [2.24, 2.45) is 0 Å². The van der Waals surface area contributed by atoms with Gasteiger partial charge in [-0.1, -0.05) is 41.9 Å². The van der Waals surface area contributed by atoms with Gasteiger partial charge in [0, 0.05) is 37.5 Å². The SMILES string of the molecule is COC(CNC(=O)C1(c2ccc(F)cc2)CCOCC1)c1ccccc1Cl. The molecule has 4 nitrogen and oxygen atoms in total. The van der Waals surface area contributed by atoms with Crippen molar-refractivity contribution in [3.05, 3.63) is 70.5 Å². The van der Waals surface area contributed by atoms with E-state index in [0.29, 0.717) is 37.6 Å². The molecule has 2 aromatic carbocycles. The molecule has 1 fully saturated rings. The van der Waals surface area contributed by atoms with Crippen LogP contribution in [-0.2, 0) is 19.7 Å². The van der Waals surface area contributed by atoms with Gasteiger partial charge in [-0.05, 0) is 36.6 Å². The van der Waals surface area contributed by atoms with E-state index in [0.717, 1.165) is 11.1 Å². The largest absolute Gasteiger partial charge is 0.381 e. The van der Waals surface area contributed by atoms with Crippen LogP contribution < -0.4 is 5.32 Å². The zero-order chi connectivity index (χ0) is 19.3. The molecule has 0 spiro atoms. The van der Waals surface area contributed by atoms with Gasteiger partial charge in [-0.25, -0.2) is 4.39 Å². The van der Waals surface area contributed by atoms with Crippen LogP contribution in [0.2, 0.25) is 5.02 Å². The Morgan fingerprint density at radius 2 is 1.89 bits per heavy atom. The normalized spacial score (nSPS) is 17.3. The molecule has 1 heterocycles. The predicted molar refractivity (Wildman–Crippen MR) is 102 cm³/mol. The van der Waals surface area contributed by atoms with Gasteiger partial charge in [-0.3, -0.25) is 4.79 Å². The Labute approximate surface area is 163 Å². The molecule has 1 saturated heterocycles. The Balaban J connectivity index is 1.78. The first-order chi connectivity index (χ1) is 13.1. The first-order valence-corrected chi connectivity index (χ1v) is 9.34. The molecule has 0 radical (unpaired) electrons. The van der Waals surface area contributed by atoms with Crippen LogP contribution in [0.3, 0.4) is 0 Å². The Bertz CT molecular complexity index is 775. The topological polar surface area (TPSA) is 47.6 Å². The molecule has 1 aliphatic rings. The number of carbonyl (C=O) groups excluding carboxylic acids is 1. The number of methoxy groups -OCH3 is 1. The average Bonchev–Trinajstić information content (AvgIpc) is 2.70. The molecule has 3 rings (SSSR count). The molecule has 1 aliphatic heterocycles. The highest BCUT2D eigenvalue weighted by molar-refractivity contribution is 6.31. The maximum atomic E-state index is 13.4. The predicted octanol–water partition coefficient (Wildman–Crippen LogP) is 4.03. The molecule has 144 valence electrons. The summed E-state index contributed by atoms with van der Waals surface area (Å²) >= 11 is 6.26. The van der Waals surface area contributed by atoms with Crippen LogP contribution in [-0.4, -0.2) is 32.8 Å². The average molecular weight is 392 g/mol. The number of halogens is 2. The van der Waals surface area contributed by atoms with Crippen LogP contribution >= 0.6 is 11.6 Å². The molecule has 1 atom stereocenters. The minimum Gasteiger partial charge on any atom is -0.381 e. The number of hydrogen-bond donors (Lipinski definition) is 1. The third-order valence-corrected chi connectivity index (χ3v) is 5.51. The molecule has 0 saturated carbocycles. The lowest BCUT2D eigenvalue weighted by Crippen LogP contribution is -2.49. The number of benzene rings is 2. The number of hydrogen-bond acceptors (Lipinski definition) is 3. The Hall–Kier alpha value is -1.95. The first-order valence-electron chi connectivity index (χ1n) is 8.96. The molecule has 27 heavy (non-hydrogen) atoms. The maximum Gasteiger partial charge on any atom is 0.230 e. The van der Waals surface area contributed by atoms with E-state index in [1.807, 2.05) is 18.2 Å². The van der Waals surface area contributed by atoms with Crippen molar-refractivity contribution >= 4 is 17.5 Å². The van der Waals surface area contributed by atoms with Crippen LogP contribution in [0.1, 0.15) is 30.1 Å². The van der Waals surface area contributed by atoms with Gasteiger partial charge in [0.1, 0.15) is 11.9 Å². The summed E-state index contributed by atoms with van der Waals surface area (Å²) in [5, 5.41) is 3.61. The summed E-state index contributed by atoms with van der Waals surface area (Å²) in [6.45, 7) is 1.27. The molecule has 0 aliphatic carbocycles. The first kappa shape index (κ1) is 19.8. The van der Waals surface area contributed by atoms with Crippen molar-refractivity contribution in [3.63, 3.8) is 0 Å². The second kappa shape index (κ2) is 8.83. The van der Waals surface area contributed by atoms with Crippen molar-refractivity contribution in [2.75, 3.05) is 26.9 Å². The summed E-state index contributed by atoms with van der Waals surface area (Å²) in [6.07, 6.45) is 0.746. The van der Waals surface area contributed by atoms with E-state index in [9.17, 15) is 9.18 Å². The van der Waals surface area contributed by atoms with E-state index in [-0.39, 0.29) is 17.8 Å². The van der Waals surface area contributed by atoms with E-state index in [4.69, 9.17) is 21.1 Å². The van der Waals surface area contributed by atoms with E-state index < -0.39 is 5.41 Å². The third kappa shape index (κ3) is 4.32. The molecule has 1 unspecified atom stereocenters. The van der Waals surface area contributed by atoms with E-state index >= 15 is 0 Å². The molecule has 0 bridgehead atoms. The monoisotopic (exact) mass is 391 g/mol. The summed E-state index contributed by atoms with van der Waals surface area (Å²) in [5.74, 6) is -0.425. The fraction of sp³-hybridized carbons (Fsp3) is 0.381. The van der Waals surface area contributed by atoms with Crippen molar-refractivity contribution in [3.8, 4) is 0 Å². The van der Waals surface area contributed by atoms with Crippen molar-refractivity contribution in [1.82, 2.24) is 5.32 Å². The lowest BCUT2D eigenvalue weighted by Gasteiger charge is -2.36. The summed E-state index contributed by atoms with van der Waals surface area (Å²) < 4.78 is 24.3. The Morgan fingerprint density at radius 3 is 2.52 bits per heavy atom. The smallest absolute Gasteiger partial charge is 0.230 e. The number of carbonyl (C=O) groups is 1. The quantitative estimate of drug-likeness (QED) is 0.808. The number of nitrogens with one attached hydrogen (secondary N) is 1. The summed E-state index contributed by atoms with van der Waals surface area (Å²) in [5.41, 5.74) is 0.895. The molecule has 1 amide bonds. The summed E-state index contributed by atoms with van der Waals surface area (Å²) in [6, 6.07) is 13.6. The fourth-order valence-electron chi connectivity index (χ4n) is 3.55. The van der Waals surface area contributed by atoms with E-state index in [2.05, 4.69) is 5.32 Å². The van der Waals surface area contributed by atoms with E-state index in [1.165, 1.54) is 12.1 Å². The van der Waals surface area contributed by atoms with Gasteiger partial charge in [0.05, 0.1) is 5.41 Å². The van der Waals surface area contributed by atoms with Crippen LogP contribution in [0, 0.1) is 5.82 Å². The van der Waals surface area contributed by atoms with Gasteiger partial charge >= 0.3 is 0 Å². The van der Waals surface area contributed by atoms with E-state index in [1.54, 1.807) is 25.3 Å². The molecule has 1 N–H and O–H groups in total. The maximum absolute atomic E-state index is 13.4. The van der Waals surface area contributed by atoms with Gasteiger partial charge in [0.15, 0.2) is 0 Å². The lowest BCUT2D eigenvalue weighted by atomic mass is 9.73. The molecular formula is C21H23ClFNO3. The van der Waals surface area contributed by atoms with Crippen LogP contribution in [0.15, 0.2) is 48.5 Å². The highest BCUT2D eigenvalue weighted by atomic mass is 35.5. The minimum atomic E-state index is -0.731. The summed E-state index contributed by atoms with van der Waals surface area (Å²) in [7, 11) is 1.59. The molecular weight excluding hydrogens is 369 g/mol. The highest BCUT2D eigenvalue weighted by Gasteiger charge is 2.41. The lowest BCUT2D eigenvalue weighted by molar-refractivity contribution is -0.131.